The first kappa shape index (κ1) is 24.1. The average Bonchev–Trinajstić information content (AvgIpc) is 2.77. The van der Waals surface area contributed by atoms with Crippen molar-refractivity contribution in [3.05, 3.63) is 85.4 Å². The number of aryl methyl sites for hydroxylation is 1. The van der Waals surface area contributed by atoms with E-state index in [9.17, 15) is 4.79 Å². The van der Waals surface area contributed by atoms with Crippen LogP contribution in [0.5, 0.6) is 11.5 Å². The van der Waals surface area contributed by atoms with Gasteiger partial charge in [-0.2, -0.15) is 5.10 Å². The number of hydrazone groups is 1. The topological polar surface area (TPSA) is 72.0 Å². The number of urea groups is 1. The largest absolute Gasteiger partial charge is 0.490 e. The molecule has 6 nitrogen and oxygen atoms in total. The van der Waals surface area contributed by atoms with Crippen molar-refractivity contribution in [1.29, 1.82) is 0 Å². The molecule has 3 aromatic rings. The average molecular weight is 608 g/mol. The van der Waals surface area contributed by atoms with Gasteiger partial charge in [0.15, 0.2) is 11.5 Å². The monoisotopic (exact) mass is 607 g/mol. The summed E-state index contributed by atoms with van der Waals surface area (Å²) >= 11 is 5.65. The molecule has 2 N–H and O–H groups in total. The van der Waals surface area contributed by atoms with E-state index in [0.29, 0.717) is 30.4 Å². The molecule has 0 bridgehead atoms. The van der Waals surface area contributed by atoms with E-state index in [0.717, 1.165) is 24.7 Å². The van der Waals surface area contributed by atoms with E-state index in [2.05, 4.69) is 54.4 Å². The second kappa shape index (κ2) is 11.9. The molecule has 0 aliphatic carbocycles. The molecule has 0 atom stereocenters. The molecule has 0 aliphatic rings. The van der Waals surface area contributed by atoms with Gasteiger partial charge in [0.1, 0.15) is 6.61 Å². The van der Waals surface area contributed by atoms with Crippen LogP contribution in [0.4, 0.5) is 10.5 Å². The van der Waals surface area contributed by atoms with Crippen molar-refractivity contribution in [2.75, 3.05) is 11.9 Å². The van der Waals surface area contributed by atoms with Gasteiger partial charge >= 0.3 is 6.03 Å². The summed E-state index contributed by atoms with van der Waals surface area (Å²) in [6.07, 6.45) is 1.57. The SMILES string of the molecule is CCOc1cc(/C=N/NC(=O)Nc2ccc(Br)c(C)c2)cc(I)c1OCc1ccccc1. The van der Waals surface area contributed by atoms with Crippen molar-refractivity contribution in [1.82, 2.24) is 5.43 Å². The second-order valence-electron chi connectivity index (χ2n) is 6.83. The Balaban J connectivity index is 1.65. The van der Waals surface area contributed by atoms with Crippen LogP contribution < -0.4 is 20.2 Å². The Morgan fingerprint density at radius 2 is 1.91 bits per heavy atom. The lowest BCUT2D eigenvalue weighted by Gasteiger charge is -2.14. The number of benzene rings is 3. The van der Waals surface area contributed by atoms with Crippen LogP contribution in [0.1, 0.15) is 23.6 Å². The van der Waals surface area contributed by atoms with Gasteiger partial charge < -0.3 is 14.8 Å². The maximum atomic E-state index is 12.1. The summed E-state index contributed by atoms with van der Waals surface area (Å²) in [6, 6.07) is 18.9. The molecule has 32 heavy (non-hydrogen) atoms. The summed E-state index contributed by atoms with van der Waals surface area (Å²) in [5.41, 5.74) is 6.05. The van der Waals surface area contributed by atoms with Gasteiger partial charge in [0, 0.05) is 10.2 Å². The highest BCUT2D eigenvalue weighted by molar-refractivity contribution is 14.1. The number of ether oxygens (including phenoxy) is 2. The van der Waals surface area contributed by atoms with Crippen LogP contribution >= 0.6 is 38.5 Å². The lowest BCUT2D eigenvalue weighted by atomic mass is 10.2. The molecule has 0 unspecified atom stereocenters. The number of halogens is 2. The number of carbonyl (C=O) groups excluding carboxylic acids is 1. The molecule has 2 amide bonds. The molecular formula is C24H23BrIN3O3. The van der Waals surface area contributed by atoms with E-state index < -0.39 is 6.03 Å². The van der Waals surface area contributed by atoms with Crippen LogP contribution in [0.3, 0.4) is 0 Å². The summed E-state index contributed by atoms with van der Waals surface area (Å²) in [5.74, 6) is 1.32. The summed E-state index contributed by atoms with van der Waals surface area (Å²) < 4.78 is 13.7. The Bertz CT molecular complexity index is 1110. The molecule has 0 saturated heterocycles. The van der Waals surface area contributed by atoms with Crippen molar-refractivity contribution < 1.29 is 14.3 Å². The van der Waals surface area contributed by atoms with Crippen LogP contribution in [-0.4, -0.2) is 18.9 Å². The molecular weight excluding hydrogens is 585 g/mol. The van der Waals surface area contributed by atoms with Gasteiger partial charge in [-0.05, 0) is 83.5 Å². The molecule has 0 heterocycles. The Morgan fingerprint density at radius 1 is 1.12 bits per heavy atom. The van der Waals surface area contributed by atoms with Crippen LogP contribution in [0, 0.1) is 10.5 Å². The Hall–Kier alpha value is -2.59. The number of nitrogens with one attached hydrogen (secondary N) is 2. The van der Waals surface area contributed by atoms with E-state index in [4.69, 9.17) is 9.47 Å². The zero-order valence-electron chi connectivity index (χ0n) is 17.7. The Morgan fingerprint density at radius 3 is 2.62 bits per heavy atom. The maximum absolute atomic E-state index is 12.1. The first-order valence-electron chi connectivity index (χ1n) is 9.95. The second-order valence-corrected chi connectivity index (χ2v) is 8.84. The van der Waals surface area contributed by atoms with Gasteiger partial charge in [0.05, 0.1) is 16.4 Å². The molecule has 0 aromatic heterocycles. The Labute approximate surface area is 209 Å². The summed E-state index contributed by atoms with van der Waals surface area (Å²) in [4.78, 5) is 12.1. The first-order chi connectivity index (χ1) is 15.5. The van der Waals surface area contributed by atoms with Crippen molar-refractivity contribution >= 4 is 56.5 Å². The fourth-order valence-electron chi connectivity index (χ4n) is 2.84. The number of amides is 2. The van der Waals surface area contributed by atoms with E-state index in [1.165, 1.54) is 0 Å². The quantitative estimate of drug-likeness (QED) is 0.175. The normalized spacial score (nSPS) is 10.8. The van der Waals surface area contributed by atoms with Crippen molar-refractivity contribution in [3.8, 4) is 11.5 Å². The molecule has 0 aliphatic heterocycles. The molecule has 0 saturated carbocycles. The Kier molecular flexibility index (Phi) is 8.92. The standard InChI is InChI=1S/C24H23BrIN3O3/c1-3-31-22-13-18(12-21(26)23(22)32-15-17-7-5-4-6-8-17)14-27-29-24(30)28-19-9-10-20(25)16(2)11-19/h4-14H,3,15H2,1-2H3,(H2,28,29,30)/b27-14+. The number of carbonyl (C=O) groups is 1. The maximum Gasteiger partial charge on any atom is 0.339 e. The molecule has 3 aromatic carbocycles. The smallest absolute Gasteiger partial charge is 0.339 e. The zero-order valence-corrected chi connectivity index (χ0v) is 21.4. The third-order valence-corrected chi connectivity index (χ3v) is 6.04. The highest BCUT2D eigenvalue weighted by atomic mass is 127. The van der Waals surface area contributed by atoms with Crippen molar-refractivity contribution in [3.63, 3.8) is 0 Å². The molecule has 166 valence electrons. The number of hydrogen-bond acceptors (Lipinski definition) is 4. The third-order valence-electron chi connectivity index (χ3n) is 4.35. The highest BCUT2D eigenvalue weighted by Gasteiger charge is 2.12. The predicted octanol–water partition coefficient (Wildman–Crippen LogP) is 6.50. The predicted molar refractivity (Wildman–Crippen MR) is 140 cm³/mol. The minimum Gasteiger partial charge on any atom is -0.490 e. The summed E-state index contributed by atoms with van der Waals surface area (Å²) in [6.45, 7) is 4.83. The minimum absolute atomic E-state index is 0.425. The van der Waals surface area contributed by atoms with E-state index in [1.807, 2.05) is 74.5 Å². The number of anilines is 1. The van der Waals surface area contributed by atoms with Gasteiger partial charge in [0.2, 0.25) is 0 Å². The fraction of sp³-hybridized carbons (Fsp3) is 0.167. The minimum atomic E-state index is -0.425. The van der Waals surface area contributed by atoms with Crippen LogP contribution in [0.15, 0.2) is 70.2 Å². The van der Waals surface area contributed by atoms with Crippen LogP contribution in [0.25, 0.3) is 0 Å². The van der Waals surface area contributed by atoms with Crippen LogP contribution in [-0.2, 0) is 6.61 Å². The van der Waals surface area contributed by atoms with E-state index >= 15 is 0 Å². The van der Waals surface area contributed by atoms with Gasteiger partial charge in [-0.25, -0.2) is 10.2 Å². The lowest BCUT2D eigenvalue weighted by Crippen LogP contribution is -2.24. The third kappa shape index (κ3) is 6.96. The van der Waals surface area contributed by atoms with E-state index in [1.54, 1.807) is 6.21 Å². The van der Waals surface area contributed by atoms with Gasteiger partial charge in [-0.3, -0.25) is 0 Å². The number of hydrogen-bond donors (Lipinski definition) is 2. The number of rotatable bonds is 8. The van der Waals surface area contributed by atoms with Crippen molar-refractivity contribution in [2.24, 2.45) is 5.10 Å². The summed E-state index contributed by atoms with van der Waals surface area (Å²) in [5, 5.41) is 6.80. The molecule has 0 spiro atoms. The van der Waals surface area contributed by atoms with Gasteiger partial charge in [-0.15, -0.1) is 0 Å². The number of nitrogens with zero attached hydrogens (tertiary/aromatic N) is 1. The fourth-order valence-corrected chi connectivity index (χ4v) is 3.87. The van der Waals surface area contributed by atoms with Crippen molar-refractivity contribution in [2.45, 2.75) is 20.5 Å². The molecule has 0 fully saturated rings. The first-order valence-corrected chi connectivity index (χ1v) is 11.8. The van der Waals surface area contributed by atoms with Gasteiger partial charge in [0.25, 0.3) is 0 Å². The summed E-state index contributed by atoms with van der Waals surface area (Å²) in [7, 11) is 0. The van der Waals surface area contributed by atoms with E-state index in [-0.39, 0.29) is 0 Å². The lowest BCUT2D eigenvalue weighted by molar-refractivity contribution is 0.252. The molecule has 3 rings (SSSR count). The molecule has 8 heteroatoms. The van der Waals surface area contributed by atoms with Crippen LogP contribution in [0.2, 0.25) is 0 Å². The van der Waals surface area contributed by atoms with Gasteiger partial charge in [-0.1, -0.05) is 46.3 Å². The zero-order chi connectivity index (χ0) is 22.9. The highest BCUT2D eigenvalue weighted by Crippen LogP contribution is 2.34. The molecule has 0 radical (unpaired) electrons.